The highest BCUT2D eigenvalue weighted by Crippen LogP contribution is 2.20. The van der Waals surface area contributed by atoms with Crippen LogP contribution in [-0.4, -0.2) is 37.0 Å². The molecule has 0 aliphatic rings. The van der Waals surface area contributed by atoms with Crippen molar-refractivity contribution < 1.29 is 19.1 Å². The number of nitrogens with zero attached hydrogens (tertiary/aromatic N) is 1. The van der Waals surface area contributed by atoms with Crippen molar-refractivity contribution >= 4 is 11.9 Å². The Morgan fingerprint density at radius 1 is 1.12 bits per heavy atom. The summed E-state index contributed by atoms with van der Waals surface area (Å²) in [4.78, 5) is 26.2. The molecule has 0 aromatic heterocycles. The van der Waals surface area contributed by atoms with Crippen molar-refractivity contribution in [3.8, 4) is 5.75 Å². The number of hydrogen-bond donors (Lipinski definition) is 0. The minimum absolute atomic E-state index is 0.253. The average Bonchev–Trinajstić information content (AvgIpc) is 2.62. The average molecular weight is 341 g/mol. The number of likely N-dealkylation sites (N-methyl/N-ethyl adjacent to an activating group) is 1. The minimum atomic E-state index is -0.867. The summed E-state index contributed by atoms with van der Waals surface area (Å²) >= 11 is 0. The van der Waals surface area contributed by atoms with Gasteiger partial charge in [0.25, 0.3) is 5.91 Å². The lowest BCUT2D eigenvalue weighted by atomic mass is 10.1. The number of amides is 1. The highest BCUT2D eigenvalue weighted by molar-refractivity contribution is 5.92. The number of carbonyl (C=O) groups is 2. The number of esters is 1. The summed E-state index contributed by atoms with van der Waals surface area (Å²) in [5, 5.41) is 0. The molecule has 0 fully saturated rings. The van der Waals surface area contributed by atoms with Crippen LogP contribution in [0, 0.1) is 6.92 Å². The van der Waals surface area contributed by atoms with Crippen molar-refractivity contribution in [2.24, 2.45) is 0 Å². The van der Waals surface area contributed by atoms with Gasteiger partial charge in [0.2, 0.25) is 0 Å². The van der Waals surface area contributed by atoms with Gasteiger partial charge in [-0.25, -0.2) is 4.79 Å². The SMILES string of the molecule is COc1cc(C(=O)O[C@H](C)C(=O)N(C)Cc2ccccc2)ccc1C. The Bertz CT molecular complexity index is 743. The maximum absolute atomic E-state index is 12.4. The van der Waals surface area contributed by atoms with Crippen molar-refractivity contribution in [2.45, 2.75) is 26.5 Å². The predicted molar refractivity (Wildman–Crippen MR) is 95.5 cm³/mol. The number of hydrogen-bond acceptors (Lipinski definition) is 4. The number of rotatable bonds is 6. The molecular formula is C20H23NO4. The summed E-state index contributed by atoms with van der Waals surface area (Å²) in [6.07, 6.45) is -0.867. The lowest BCUT2D eigenvalue weighted by molar-refractivity contribution is -0.139. The van der Waals surface area contributed by atoms with Crippen LogP contribution >= 0.6 is 0 Å². The zero-order valence-corrected chi connectivity index (χ0v) is 15.0. The molecule has 0 N–H and O–H groups in total. The van der Waals surface area contributed by atoms with Crippen LogP contribution in [0.4, 0.5) is 0 Å². The molecule has 0 bridgehead atoms. The fourth-order valence-electron chi connectivity index (χ4n) is 2.47. The van der Waals surface area contributed by atoms with Crippen LogP contribution in [0.2, 0.25) is 0 Å². The molecule has 0 spiro atoms. The second-order valence-electron chi connectivity index (χ2n) is 5.91. The molecule has 0 saturated carbocycles. The highest BCUT2D eigenvalue weighted by Gasteiger charge is 2.22. The molecule has 0 aliphatic carbocycles. The first-order valence-corrected chi connectivity index (χ1v) is 8.07. The number of methoxy groups -OCH3 is 1. The summed E-state index contributed by atoms with van der Waals surface area (Å²) in [7, 11) is 3.23. The molecular weight excluding hydrogens is 318 g/mol. The maximum atomic E-state index is 12.4. The Balaban J connectivity index is 1.99. The molecule has 2 aromatic rings. The van der Waals surface area contributed by atoms with E-state index in [1.807, 2.05) is 37.3 Å². The molecule has 1 atom stereocenters. The Kier molecular flexibility index (Phi) is 6.17. The summed E-state index contributed by atoms with van der Waals surface area (Å²) in [5.74, 6) is -0.196. The molecule has 5 nitrogen and oxygen atoms in total. The molecule has 0 aliphatic heterocycles. The second-order valence-corrected chi connectivity index (χ2v) is 5.91. The van der Waals surface area contributed by atoms with Crippen LogP contribution < -0.4 is 4.74 Å². The van der Waals surface area contributed by atoms with Gasteiger partial charge in [0.15, 0.2) is 6.10 Å². The number of aryl methyl sites for hydroxylation is 1. The van der Waals surface area contributed by atoms with Gasteiger partial charge in [-0.1, -0.05) is 36.4 Å². The van der Waals surface area contributed by atoms with Gasteiger partial charge in [-0.3, -0.25) is 4.79 Å². The van der Waals surface area contributed by atoms with Gasteiger partial charge in [0.05, 0.1) is 12.7 Å². The summed E-state index contributed by atoms with van der Waals surface area (Å²) < 4.78 is 10.5. The topological polar surface area (TPSA) is 55.8 Å². The number of ether oxygens (including phenoxy) is 2. The van der Waals surface area contributed by atoms with Gasteiger partial charge in [0.1, 0.15) is 5.75 Å². The highest BCUT2D eigenvalue weighted by atomic mass is 16.5. The van der Waals surface area contributed by atoms with Crippen LogP contribution in [0.5, 0.6) is 5.75 Å². The number of carbonyl (C=O) groups excluding carboxylic acids is 2. The molecule has 2 rings (SSSR count). The fraction of sp³-hybridized carbons (Fsp3) is 0.300. The van der Waals surface area contributed by atoms with Gasteiger partial charge >= 0.3 is 5.97 Å². The lowest BCUT2D eigenvalue weighted by Gasteiger charge is -2.21. The normalized spacial score (nSPS) is 11.5. The molecule has 2 aromatic carbocycles. The molecule has 1 amide bonds. The van der Waals surface area contributed by atoms with Crippen molar-refractivity contribution in [3.05, 3.63) is 65.2 Å². The van der Waals surface area contributed by atoms with Crippen LogP contribution in [0.1, 0.15) is 28.4 Å². The van der Waals surface area contributed by atoms with E-state index in [2.05, 4.69) is 0 Å². The van der Waals surface area contributed by atoms with E-state index in [0.29, 0.717) is 17.9 Å². The molecule has 0 heterocycles. The van der Waals surface area contributed by atoms with Gasteiger partial charge in [-0.2, -0.15) is 0 Å². The zero-order valence-electron chi connectivity index (χ0n) is 15.0. The van der Waals surface area contributed by atoms with Crippen LogP contribution in [0.15, 0.2) is 48.5 Å². The summed E-state index contributed by atoms with van der Waals surface area (Å²) in [5.41, 5.74) is 2.29. The van der Waals surface area contributed by atoms with E-state index in [9.17, 15) is 9.59 Å². The first kappa shape index (κ1) is 18.5. The molecule has 132 valence electrons. The van der Waals surface area contributed by atoms with Gasteiger partial charge in [-0.05, 0) is 37.1 Å². The molecule has 0 radical (unpaired) electrons. The fourth-order valence-corrected chi connectivity index (χ4v) is 2.47. The van der Waals surface area contributed by atoms with E-state index in [0.717, 1.165) is 11.1 Å². The molecule has 25 heavy (non-hydrogen) atoms. The maximum Gasteiger partial charge on any atom is 0.339 e. The largest absolute Gasteiger partial charge is 0.496 e. The Morgan fingerprint density at radius 2 is 1.80 bits per heavy atom. The third-order valence-electron chi connectivity index (χ3n) is 3.91. The van der Waals surface area contributed by atoms with E-state index in [1.54, 1.807) is 44.2 Å². The van der Waals surface area contributed by atoms with Crippen LogP contribution in [0.25, 0.3) is 0 Å². The van der Waals surface area contributed by atoms with Crippen LogP contribution in [0.3, 0.4) is 0 Å². The predicted octanol–water partition coefficient (Wildman–Crippen LogP) is 3.21. The molecule has 0 unspecified atom stereocenters. The van der Waals surface area contributed by atoms with Crippen molar-refractivity contribution in [1.82, 2.24) is 4.90 Å². The third kappa shape index (κ3) is 4.83. The van der Waals surface area contributed by atoms with E-state index in [1.165, 1.54) is 0 Å². The molecule has 5 heteroatoms. The van der Waals surface area contributed by atoms with Gasteiger partial charge in [0, 0.05) is 13.6 Å². The smallest absolute Gasteiger partial charge is 0.339 e. The minimum Gasteiger partial charge on any atom is -0.496 e. The second kappa shape index (κ2) is 8.33. The van der Waals surface area contributed by atoms with Crippen molar-refractivity contribution in [2.75, 3.05) is 14.2 Å². The third-order valence-corrected chi connectivity index (χ3v) is 3.91. The van der Waals surface area contributed by atoms with E-state index in [-0.39, 0.29) is 5.91 Å². The van der Waals surface area contributed by atoms with Gasteiger partial charge in [-0.15, -0.1) is 0 Å². The Hall–Kier alpha value is -2.82. The Morgan fingerprint density at radius 3 is 2.44 bits per heavy atom. The summed E-state index contributed by atoms with van der Waals surface area (Å²) in [6.45, 7) is 3.92. The van der Waals surface area contributed by atoms with E-state index >= 15 is 0 Å². The zero-order chi connectivity index (χ0) is 18.4. The van der Waals surface area contributed by atoms with E-state index < -0.39 is 12.1 Å². The standard InChI is InChI=1S/C20H23NO4/c1-14-10-11-17(12-18(14)24-4)20(23)25-15(2)19(22)21(3)13-16-8-6-5-7-9-16/h5-12,15H,13H2,1-4H3/t15-/m1/s1. The lowest BCUT2D eigenvalue weighted by Crippen LogP contribution is -2.37. The van der Waals surface area contributed by atoms with Crippen LogP contribution in [-0.2, 0) is 16.1 Å². The monoisotopic (exact) mass is 341 g/mol. The molecule has 0 saturated heterocycles. The van der Waals surface area contributed by atoms with E-state index in [4.69, 9.17) is 9.47 Å². The Labute approximate surface area is 148 Å². The quantitative estimate of drug-likeness (QED) is 0.757. The first-order valence-electron chi connectivity index (χ1n) is 8.07. The number of benzene rings is 2. The van der Waals surface area contributed by atoms with Gasteiger partial charge < -0.3 is 14.4 Å². The van der Waals surface area contributed by atoms with Crippen molar-refractivity contribution in [3.63, 3.8) is 0 Å². The first-order chi connectivity index (χ1) is 11.9. The summed E-state index contributed by atoms with van der Waals surface area (Å²) in [6, 6.07) is 14.7. The van der Waals surface area contributed by atoms with Crippen molar-refractivity contribution in [1.29, 1.82) is 0 Å².